The van der Waals surface area contributed by atoms with Gasteiger partial charge in [0.2, 0.25) is 0 Å². The molecule has 1 aliphatic rings. The number of aryl methyl sites for hydroxylation is 1. The number of rotatable bonds is 2. The van der Waals surface area contributed by atoms with Crippen LogP contribution in [0.15, 0.2) is 69.6 Å². The molecule has 0 saturated carbocycles. The Hall–Kier alpha value is -2.29. The number of Topliss-reactive ketones (excluding diaryl/α,β-unsaturated/α-hetero) is 1. The largest absolute Gasteiger partial charge is 0.289 e. The Bertz CT molecular complexity index is 696. The summed E-state index contributed by atoms with van der Waals surface area (Å²) < 4.78 is 0. The summed E-state index contributed by atoms with van der Waals surface area (Å²) in [4.78, 5) is 12.2. The molecule has 1 aromatic rings. The average molecular weight is 294 g/mol. The summed E-state index contributed by atoms with van der Waals surface area (Å²) in [5.41, 5.74) is 4.28. The first-order valence-electron chi connectivity index (χ1n) is 7.40. The smallest absolute Gasteiger partial charge is 0.185 e. The number of carbonyl (C=O) groups excluding carboxylic acids is 1. The van der Waals surface area contributed by atoms with Gasteiger partial charge in [0.15, 0.2) is 5.78 Å². The number of ketones is 1. The first kappa shape index (κ1) is 16.1. The van der Waals surface area contributed by atoms with E-state index in [-0.39, 0.29) is 11.2 Å². The average Bonchev–Trinajstić information content (AvgIpc) is 2.43. The molecule has 0 amide bonds. The SMILES string of the molecule is CC1=C/C(=C/N=Nc2ccc(C)cc2)C=C(C(C)(C)C)C1=O. The lowest BCUT2D eigenvalue weighted by molar-refractivity contribution is -0.113. The normalized spacial score (nSPS) is 17.9. The predicted octanol–water partition coefficient (Wildman–Crippen LogP) is 5.46. The maximum absolute atomic E-state index is 12.2. The fraction of sp³-hybridized carbons (Fsp3) is 0.316. The van der Waals surface area contributed by atoms with Crippen molar-refractivity contribution < 1.29 is 4.79 Å². The molecule has 3 nitrogen and oxygen atoms in total. The van der Waals surface area contributed by atoms with E-state index in [0.29, 0.717) is 0 Å². The molecule has 0 aromatic heterocycles. The van der Waals surface area contributed by atoms with Gasteiger partial charge in [0.25, 0.3) is 0 Å². The van der Waals surface area contributed by atoms with Crippen molar-refractivity contribution in [2.45, 2.75) is 34.6 Å². The van der Waals surface area contributed by atoms with Gasteiger partial charge >= 0.3 is 0 Å². The molecule has 0 heterocycles. The van der Waals surface area contributed by atoms with Crippen molar-refractivity contribution >= 4 is 11.5 Å². The highest BCUT2D eigenvalue weighted by atomic mass is 16.1. The van der Waals surface area contributed by atoms with E-state index in [1.54, 1.807) is 6.20 Å². The molecule has 1 aromatic carbocycles. The highest BCUT2D eigenvalue weighted by Crippen LogP contribution is 2.32. The first-order valence-corrected chi connectivity index (χ1v) is 7.40. The van der Waals surface area contributed by atoms with Crippen LogP contribution in [0.5, 0.6) is 0 Å². The zero-order valence-electron chi connectivity index (χ0n) is 13.8. The van der Waals surface area contributed by atoms with Crippen LogP contribution in [0.3, 0.4) is 0 Å². The number of carbonyl (C=O) groups is 1. The van der Waals surface area contributed by atoms with Crippen LogP contribution in [0, 0.1) is 12.3 Å². The van der Waals surface area contributed by atoms with Gasteiger partial charge in [-0.1, -0.05) is 38.5 Å². The number of hydrogen-bond donors (Lipinski definition) is 0. The zero-order chi connectivity index (χ0) is 16.3. The van der Waals surface area contributed by atoms with Crippen molar-refractivity contribution in [1.82, 2.24) is 0 Å². The molecule has 3 heteroatoms. The van der Waals surface area contributed by atoms with Gasteiger partial charge in [-0.2, -0.15) is 10.2 Å². The van der Waals surface area contributed by atoms with Crippen LogP contribution in [0.4, 0.5) is 5.69 Å². The number of azo groups is 1. The van der Waals surface area contributed by atoms with Crippen molar-refractivity contribution in [3.05, 3.63) is 64.9 Å². The van der Waals surface area contributed by atoms with E-state index in [1.165, 1.54) is 5.56 Å². The molecule has 0 atom stereocenters. The molecular weight excluding hydrogens is 272 g/mol. The van der Waals surface area contributed by atoms with E-state index < -0.39 is 0 Å². The number of nitrogens with zero attached hydrogens (tertiary/aromatic N) is 2. The highest BCUT2D eigenvalue weighted by Gasteiger charge is 2.27. The molecule has 1 aliphatic carbocycles. The fourth-order valence-corrected chi connectivity index (χ4v) is 2.21. The standard InChI is InChI=1S/C19H22N2O/c1-13-6-8-16(9-7-13)21-20-12-15-10-14(2)18(22)17(11-15)19(3,4)5/h6-12H,1-5H3/b15-12-,21-20?. The van der Waals surface area contributed by atoms with Gasteiger partial charge in [-0.05, 0) is 54.7 Å². The lowest BCUT2D eigenvalue weighted by Crippen LogP contribution is -2.21. The van der Waals surface area contributed by atoms with Gasteiger partial charge in [-0.25, -0.2) is 0 Å². The lowest BCUT2D eigenvalue weighted by Gasteiger charge is -2.24. The third-order valence-corrected chi connectivity index (χ3v) is 3.52. The summed E-state index contributed by atoms with van der Waals surface area (Å²) in [6, 6.07) is 7.86. The second-order valence-corrected chi connectivity index (χ2v) is 6.64. The van der Waals surface area contributed by atoms with Crippen LogP contribution in [0.1, 0.15) is 33.3 Å². The van der Waals surface area contributed by atoms with E-state index in [9.17, 15) is 4.79 Å². The quantitative estimate of drug-likeness (QED) is 0.667. The van der Waals surface area contributed by atoms with E-state index >= 15 is 0 Å². The topological polar surface area (TPSA) is 41.8 Å². The third-order valence-electron chi connectivity index (χ3n) is 3.52. The summed E-state index contributed by atoms with van der Waals surface area (Å²) in [6.45, 7) is 10.0. The van der Waals surface area contributed by atoms with Crippen molar-refractivity contribution in [2.24, 2.45) is 15.6 Å². The van der Waals surface area contributed by atoms with Gasteiger partial charge in [0.1, 0.15) is 0 Å². The summed E-state index contributed by atoms with van der Waals surface area (Å²) in [5, 5.41) is 8.31. The number of benzene rings is 1. The number of allylic oxidation sites excluding steroid dienone is 5. The minimum Gasteiger partial charge on any atom is -0.289 e. The molecule has 0 radical (unpaired) electrons. The summed E-state index contributed by atoms with van der Waals surface area (Å²) in [5.74, 6) is 0.111. The Morgan fingerprint density at radius 1 is 1.00 bits per heavy atom. The van der Waals surface area contributed by atoms with E-state index in [2.05, 4.69) is 10.2 Å². The molecule has 114 valence electrons. The van der Waals surface area contributed by atoms with Crippen molar-refractivity contribution in [3.8, 4) is 0 Å². The molecule has 0 saturated heterocycles. The number of hydrogen-bond acceptors (Lipinski definition) is 3. The van der Waals surface area contributed by atoms with Gasteiger partial charge in [-0.15, -0.1) is 0 Å². The minimum absolute atomic E-state index is 0.111. The van der Waals surface area contributed by atoms with Crippen molar-refractivity contribution in [1.29, 1.82) is 0 Å². The summed E-state index contributed by atoms with van der Waals surface area (Å²) in [7, 11) is 0. The van der Waals surface area contributed by atoms with Crippen LogP contribution in [-0.4, -0.2) is 5.78 Å². The van der Waals surface area contributed by atoms with Crippen molar-refractivity contribution in [2.75, 3.05) is 0 Å². The van der Waals surface area contributed by atoms with Gasteiger partial charge < -0.3 is 0 Å². The van der Waals surface area contributed by atoms with E-state index in [1.807, 2.05) is 71.0 Å². The molecule has 0 bridgehead atoms. The van der Waals surface area contributed by atoms with Crippen LogP contribution in [0.25, 0.3) is 0 Å². The Balaban J connectivity index is 2.25. The Morgan fingerprint density at radius 2 is 1.64 bits per heavy atom. The Kier molecular flexibility index (Phi) is 4.55. The Labute approximate surface area is 132 Å². The monoisotopic (exact) mass is 294 g/mol. The van der Waals surface area contributed by atoms with E-state index in [4.69, 9.17) is 0 Å². The summed E-state index contributed by atoms with van der Waals surface area (Å²) in [6.07, 6.45) is 5.46. The molecule has 0 fully saturated rings. The van der Waals surface area contributed by atoms with Crippen LogP contribution in [0.2, 0.25) is 0 Å². The van der Waals surface area contributed by atoms with Crippen LogP contribution in [-0.2, 0) is 4.79 Å². The Morgan fingerprint density at radius 3 is 2.23 bits per heavy atom. The van der Waals surface area contributed by atoms with E-state index in [0.717, 1.165) is 22.4 Å². The molecule has 0 unspecified atom stereocenters. The predicted molar refractivity (Wildman–Crippen MR) is 90.1 cm³/mol. The molecule has 0 spiro atoms. The third kappa shape index (κ3) is 3.88. The second kappa shape index (κ2) is 6.22. The first-order chi connectivity index (χ1) is 10.3. The summed E-state index contributed by atoms with van der Waals surface area (Å²) >= 11 is 0. The molecular formula is C19H22N2O. The molecule has 0 aliphatic heterocycles. The van der Waals surface area contributed by atoms with Gasteiger partial charge in [0, 0.05) is 5.57 Å². The fourth-order valence-electron chi connectivity index (χ4n) is 2.21. The lowest BCUT2D eigenvalue weighted by atomic mass is 9.78. The molecule has 22 heavy (non-hydrogen) atoms. The highest BCUT2D eigenvalue weighted by molar-refractivity contribution is 6.10. The zero-order valence-corrected chi connectivity index (χ0v) is 13.8. The minimum atomic E-state index is -0.181. The molecule has 2 rings (SSSR count). The van der Waals surface area contributed by atoms with Gasteiger partial charge in [-0.3, -0.25) is 4.79 Å². The van der Waals surface area contributed by atoms with Crippen molar-refractivity contribution in [3.63, 3.8) is 0 Å². The van der Waals surface area contributed by atoms with Gasteiger partial charge in [0.05, 0.1) is 11.9 Å². The second-order valence-electron chi connectivity index (χ2n) is 6.64. The molecule has 0 N–H and O–H groups in total. The maximum Gasteiger partial charge on any atom is 0.185 e. The van der Waals surface area contributed by atoms with Crippen LogP contribution < -0.4 is 0 Å². The maximum atomic E-state index is 12.2. The van der Waals surface area contributed by atoms with Crippen LogP contribution >= 0.6 is 0 Å².